The third-order valence-electron chi connectivity index (χ3n) is 5.73. The van der Waals surface area contributed by atoms with E-state index in [-0.39, 0.29) is 18.1 Å². The standard InChI is InChI=1S/C23H30FN3O/c1-27(2)23(21-8-3-4-13-25-21)19-11-9-17(10-12-19)16-26-22(28)15-18-6-5-7-20(24)14-18/h3-8,13-14,17,19,23H,9-12,15-16H2,1-2H3,(H,26,28)/t17?,19?,23-/m0/s1. The van der Waals surface area contributed by atoms with Gasteiger partial charge in [-0.2, -0.15) is 0 Å². The van der Waals surface area contributed by atoms with E-state index in [9.17, 15) is 9.18 Å². The van der Waals surface area contributed by atoms with Gasteiger partial charge in [0.25, 0.3) is 0 Å². The lowest BCUT2D eigenvalue weighted by atomic mass is 9.77. The van der Waals surface area contributed by atoms with Crippen LogP contribution in [0.4, 0.5) is 4.39 Å². The van der Waals surface area contributed by atoms with E-state index in [2.05, 4.69) is 41.4 Å². The highest BCUT2D eigenvalue weighted by atomic mass is 19.1. The number of nitrogens with zero attached hydrogens (tertiary/aromatic N) is 2. The van der Waals surface area contributed by atoms with Crippen LogP contribution in [-0.4, -0.2) is 36.4 Å². The zero-order valence-electron chi connectivity index (χ0n) is 16.8. The van der Waals surface area contributed by atoms with Crippen molar-refractivity contribution in [1.82, 2.24) is 15.2 Å². The van der Waals surface area contributed by atoms with Gasteiger partial charge in [0, 0.05) is 12.7 Å². The fraction of sp³-hybridized carbons (Fsp3) is 0.478. The molecule has 0 radical (unpaired) electrons. The highest BCUT2D eigenvalue weighted by Crippen LogP contribution is 2.38. The fourth-order valence-corrected chi connectivity index (χ4v) is 4.34. The maximum atomic E-state index is 13.2. The van der Waals surface area contributed by atoms with Crippen LogP contribution in [0.15, 0.2) is 48.7 Å². The van der Waals surface area contributed by atoms with E-state index in [1.54, 1.807) is 12.1 Å². The number of carbonyl (C=O) groups excluding carboxylic acids is 1. The molecular weight excluding hydrogens is 353 g/mol. The first-order valence-corrected chi connectivity index (χ1v) is 10.1. The number of hydrogen-bond acceptors (Lipinski definition) is 3. The van der Waals surface area contributed by atoms with Gasteiger partial charge in [0.05, 0.1) is 18.2 Å². The van der Waals surface area contributed by atoms with Crippen LogP contribution in [0.1, 0.15) is 43.0 Å². The molecule has 1 aliphatic rings. The van der Waals surface area contributed by atoms with Crippen LogP contribution in [0.25, 0.3) is 0 Å². The van der Waals surface area contributed by atoms with Crippen LogP contribution in [0.3, 0.4) is 0 Å². The van der Waals surface area contributed by atoms with E-state index < -0.39 is 0 Å². The molecular formula is C23H30FN3O. The monoisotopic (exact) mass is 383 g/mol. The van der Waals surface area contributed by atoms with Gasteiger partial charge in [0.1, 0.15) is 5.82 Å². The number of aromatic nitrogens is 1. The van der Waals surface area contributed by atoms with Gasteiger partial charge in [-0.05, 0) is 81.4 Å². The van der Waals surface area contributed by atoms with Gasteiger partial charge in [0.2, 0.25) is 5.91 Å². The molecule has 4 nitrogen and oxygen atoms in total. The predicted molar refractivity (Wildman–Crippen MR) is 109 cm³/mol. The minimum absolute atomic E-state index is 0.0348. The molecule has 0 bridgehead atoms. The Morgan fingerprint density at radius 3 is 2.61 bits per heavy atom. The molecule has 5 heteroatoms. The Hall–Kier alpha value is -2.27. The van der Waals surface area contributed by atoms with Gasteiger partial charge >= 0.3 is 0 Å². The maximum Gasteiger partial charge on any atom is 0.224 e. The lowest BCUT2D eigenvalue weighted by molar-refractivity contribution is -0.120. The van der Waals surface area contributed by atoms with Crippen LogP contribution >= 0.6 is 0 Å². The Morgan fingerprint density at radius 1 is 1.18 bits per heavy atom. The first-order valence-electron chi connectivity index (χ1n) is 10.1. The summed E-state index contributed by atoms with van der Waals surface area (Å²) in [5.41, 5.74) is 1.85. The number of amides is 1. The maximum absolute atomic E-state index is 13.2. The molecule has 28 heavy (non-hydrogen) atoms. The van der Waals surface area contributed by atoms with Crippen LogP contribution < -0.4 is 5.32 Å². The average Bonchev–Trinajstić information content (AvgIpc) is 2.68. The van der Waals surface area contributed by atoms with E-state index in [1.807, 2.05) is 12.3 Å². The van der Waals surface area contributed by atoms with E-state index >= 15 is 0 Å². The van der Waals surface area contributed by atoms with Gasteiger partial charge in [-0.15, -0.1) is 0 Å². The second-order valence-electron chi connectivity index (χ2n) is 8.05. The molecule has 1 amide bonds. The summed E-state index contributed by atoms with van der Waals surface area (Å²) in [6.07, 6.45) is 6.61. The Kier molecular flexibility index (Phi) is 7.15. The third-order valence-corrected chi connectivity index (χ3v) is 5.73. The molecule has 1 aromatic heterocycles. The SMILES string of the molecule is CN(C)[C@H](c1ccccn1)C1CCC(CNC(=O)Cc2cccc(F)c2)CC1. The van der Waals surface area contributed by atoms with Gasteiger partial charge in [-0.3, -0.25) is 9.78 Å². The molecule has 2 aromatic rings. The molecule has 0 unspecified atom stereocenters. The molecule has 3 rings (SSSR count). The van der Waals surface area contributed by atoms with Crippen molar-refractivity contribution in [3.63, 3.8) is 0 Å². The normalized spacial score (nSPS) is 20.7. The topological polar surface area (TPSA) is 45.2 Å². The molecule has 1 N–H and O–H groups in total. The summed E-state index contributed by atoms with van der Waals surface area (Å²) < 4.78 is 13.2. The van der Waals surface area contributed by atoms with Crippen molar-refractivity contribution in [2.45, 2.75) is 38.1 Å². The highest BCUT2D eigenvalue weighted by Gasteiger charge is 2.30. The van der Waals surface area contributed by atoms with Crippen molar-refractivity contribution in [2.24, 2.45) is 11.8 Å². The number of pyridine rings is 1. The van der Waals surface area contributed by atoms with Crippen molar-refractivity contribution >= 4 is 5.91 Å². The molecule has 1 fully saturated rings. The molecule has 1 aromatic carbocycles. The Morgan fingerprint density at radius 2 is 1.96 bits per heavy atom. The smallest absolute Gasteiger partial charge is 0.224 e. The lowest BCUT2D eigenvalue weighted by Crippen LogP contribution is -2.35. The molecule has 1 atom stereocenters. The van der Waals surface area contributed by atoms with Gasteiger partial charge in [0.15, 0.2) is 0 Å². The zero-order chi connectivity index (χ0) is 19.9. The number of rotatable bonds is 7. The van der Waals surface area contributed by atoms with Crippen LogP contribution in [-0.2, 0) is 11.2 Å². The van der Waals surface area contributed by atoms with Crippen molar-refractivity contribution in [2.75, 3.05) is 20.6 Å². The Balaban J connectivity index is 1.46. The fourth-order valence-electron chi connectivity index (χ4n) is 4.34. The van der Waals surface area contributed by atoms with Crippen molar-refractivity contribution in [3.8, 4) is 0 Å². The second-order valence-corrected chi connectivity index (χ2v) is 8.05. The summed E-state index contributed by atoms with van der Waals surface area (Å²) in [5, 5.41) is 3.03. The first kappa shape index (κ1) is 20.5. The van der Waals surface area contributed by atoms with Gasteiger partial charge in [-0.25, -0.2) is 4.39 Å². The number of halogens is 1. The van der Waals surface area contributed by atoms with E-state index in [1.165, 1.54) is 12.1 Å². The van der Waals surface area contributed by atoms with Gasteiger partial charge in [-0.1, -0.05) is 18.2 Å². The minimum Gasteiger partial charge on any atom is -0.356 e. The lowest BCUT2D eigenvalue weighted by Gasteiger charge is -2.37. The Bertz CT molecular complexity index is 757. The number of benzene rings is 1. The molecule has 1 heterocycles. The zero-order valence-corrected chi connectivity index (χ0v) is 16.8. The summed E-state index contributed by atoms with van der Waals surface area (Å²) in [4.78, 5) is 19.0. The third kappa shape index (κ3) is 5.61. The quantitative estimate of drug-likeness (QED) is 0.786. The number of nitrogens with one attached hydrogen (secondary N) is 1. The molecule has 1 saturated carbocycles. The van der Waals surface area contributed by atoms with E-state index in [4.69, 9.17) is 0 Å². The minimum atomic E-state index is -0.299. The summed E-state index contributed by atoms with van der Waals surface area (Å²) in [5.74, 6) is 0.766. The number of carbonyl (C=O) groups is 1. The number of hydrogen-bond donors (Lipinski definition) is 1. The van der Waals surface area contributed by atoms with E-state index in [0.29, 0.717) is 30.0 Å². The van der Waals surface area contributed by atoms with E-state index in [0.717, 1.165) is 31.4 Å². The van der Waals surface area contributed by atoms with Crippen molar-refractivity contribution in [1.29, 1.82) is 0 Å². The molecule has 1 aliphatic carbocycles. The highest BCUT2D eigenvalue weighted by molar-refractivity contribution is 5.78. The Labute approximate surface area is 167 Å². The van der Waals surface area contributed by atoms with Crippen LogP contribution in [0.5, 0.6) is 0 Å². The van der Waals surface area contributed by atoms with Crippen LogP contribution in [0, 0.1) is 17.7 Å². The van der Waals surface area contributed by atoms with Crippen LogP contribution in [0.2, 0.25) is 0 Å². The summed E-state index contributed by atoms with van der Waals surface area (Å²) in [7, 11) is 4.25. The molecule has 0 saturated heterocycles. The molecule has 0 aliphatic heterocycles. The molecule has 0 spiro atoms. The van der Waals surface area contributed by atoms with Crippen molar-refractivity contribution in [3.05, 3.63) is 65.7 Å². The summed E-state index contributed by atoms with van der Waals surface area (Å²) in [6.45, 7) is 0.705. The summed E-state index contributed by atoms with van der Waals surface area (Å²) in [6, 6.07) is 12.7. The summed E-state index contributed by atoms with van der Waals surface area (Å²) >= 11 is 0. The predicted octanol–water partition coefficient (Wildman–Crippen LogP) is 3.99. The van der Waals surface area contributed by atoms with Crippen molar-refractivity contribution < 1.29 is 9.18 Å². The second kappa shape index (κ2) is 9.78. The largest absolute Gasteiger partial charge is 0.356 e. The first-order chi connectivity index (χ1) is 13.5. The average molecular weight is 384 g/mol. The molecule has 150 valence electrons. The van der Waals surface area contributed by atoms with Gasteiger partial charge < -0.3 is 10.2 Å².